The van der Waals surface area contributed by atoms with Crippen LogP contribution in [0, 0.1) is 0 Å². The van der Waals surface area contributed by atoms with Crippen LogP contribution < -0.4 is 0 Å². The Morgan fingerprint density at radius 2 is 2.08 bits per heavy atom. The summed E-state index contributed by atoms with van der Waals surface area (Å²) in [5.41, 5.74) is 0. The Kier molecular flexibility index (Phi) is 9.25. The van der Waals surface area contributed by atoms with E-state index in [1.807, 2.05) is 0 Å². The number of aliphatic hydroxyl groups excluding tert-OH is 1. The second kappa shape index (κ2) is 8.97. The van der Waals surface area contributed by atoms with Gasteiger partial charge in [-0.25, -0.2) is 0 Å². The van der Waals surface area contributed by atoms with Crippen LogP contribution in [0.5, 0.6) is 0 Å². The first-order valence-corrected chi connectivity index (χ1v) is 6.82. The Hall–Kier alpha value is 0.400. The summed E-state index contributed by atoms with van der Waals surface area (Å²) < 4.78 is 11.3. The van der Waals surface area contributed by atoms with Crippen molar-refractivity contribution in [1.29, 1.82) is 0 Å². The minimum absolute atomic E-state index is 0.181. The molecular formula is C9H19ClO2S. The molecule has 0 fully saturated rings. The highest BCUT2D eigenvalue weighted by Gasteiger charge is 2.07. The van der Waals surface area contributed by atoms with E-state index in [-0.39, 0.29) is 5.88 Å². The SMILES string of the molecule is CCCCCCS(=O)CC(O)CCl. The van der Waals surface area contributed by atoms with Gasteiger partial charge in [-0.05, 0) is 6.42 Å². The van der Waals surface area contributed by atoms with Crippen molar-refractivity contribution >= 4 is 22.4 Å². The smallest absolute Gasteiger partial charge is 0.0790 e. The fraction of sp³-hybridized carbons (Fsp3) is 1.00. The summed E-state index contributed by atoms with van der Waals surface area (Å²) in [6, 6.07) is 0. The van der Waals surface area contributed by atoms with Crippen LogP contribution in [0.3, 0.4) is 0 Å². The lowest BCUT2D eigenvalue weighted by Crippen LogP contribution is -2.19. The Balaban J connectivity index is 3.30. The minimum Gasteiger partial charge on any atom is -0.391 e. The van der Waals surface area contributed by atoms with Crippen LogP contribution in [0.15, 0.2) is 0 Å². The monoisotopic (exact) mass is 226 g/mol. The number of alkyl halides is 1. The zero-order valence-corrected chi connectivity index (χ0v) is 9.74. The van der Waals surface area contributed by atoms with Gasteiger partial charge in [-0.3, -0.25) is 4.21 Å². The molecule has 1 N–H and O–H groups in total. The standard InChI is InChI=1S/C9H19ClO2S/c1-2-3-4-5-6-13(12)8-9(11)7-10/h9,11H,2-8H2,1H3. The summed E-state index contributed by atoms with van der Waals surface area (Å²) in [7, 11) is -0.888. The first kappa shape index (κ1) is 13.4. The van der Waals surface area contributed by atoms with Gasteiger partial charge in [-0.2, -0.15) is 0 Å². The molecule has 4 heteroatoms. The maximum absolute atomic E-state index is 11.3. The van der Waals surface area contributed by atoms with E-state index < -0.39 is 16.9 Å². The first-order valence-electron chi connectivity index (χ1n) is 4.79. The second-order valence-corrected chi connectivity index (χ2v) is 5.11. The van der Waals surface area contributed by atoms with Crippen LogP contribution in [0.4, 0.5) is 0 Å². The van der Waals surface area contributed by atoms with E-state index in [0.29, 0.717) is 11.5 Å². The van der Waals surface area contributed by atoms with Gasteiger partial charge in [-0.15, -0.1) is 11.6 Å². The summed E-state index contributed by atoms with van der Waals surface area (Å²) >= 11 is 5.40. The zero-order valence-electron chi connectivity index (χ0n) is 8.17. The fourth-order valence-corrected chi connectivity index (χ4v) is 2.51. The summed E-state index contributed by atoms with van der Waals surface area (Å²) in [4.78, 5) is 0. The lowest BCUT2D eigenvalue weighted by Gasteiger charge is -2.05. The van der Waals surface area contributed by atoms with Gasteiger partial charge in [0.2, 0.25) is 0 Å². The number of unbranched alkanes of at least 4 members (excludes halogenated alkanes) is 3. The largest absolute Gasteiger partial charge is 0.391 e. The Morgan fingerprint density at radius 1 is 1.38 bits per heavy atom. The number of hydrogen-bond acceptors (Lipinski definition) is 2. The fourth-order valence-electron chi connectivity index (χ4n) is 1.03. The summed E-state index contributed by atoms with van der Waals surface area (Å²) in [6.45, 7) is 2.15. The molecule has 0 saturated heterocycles. The molecule has 0 saturated carbocycles. The van der Waals surface area contributed by atoms with E-state index in [1.54, 1.807) is 0 Å². The minimum atomic E-state index is -0.888. The molecule has 0 aliphatic heterocycles. The number of hydrogen-bond donors (Lipinski definition) is 1. The van der Waals surface area contributed by atoms with Crippen LogP contribution in [0.1, 0.15) is 32.6 Å². The van der Waals surface area contributed by atoms with E-state index in [4.69, 9.17) is 16.7 Å². The molecule has 0 aromatic carbocycles. The third-order valence-corrected chi connectivity index (χ3v) is 3.64. The highest BCUT2D eigenvalue weighted by Crippen LogP contribution is 2.01. The van der Waals surface area contributed by atoms with Gasteiger partial charge in [0.15, 0.2) is 0 Å². The molecule has 0 amide bonds. The van der Waals surface area contributed by atoms with Crippen molar-refractivity contribution in [3.63, 3.8) is 0 Å². The normalized spacial score (nSPS) is 15.6. The van der Waals surface area contributed by atoms with Crippen molar-refractivity contribution in [3.05, 3.63) is 0 Å². The average molecular weight is 227 g/mol. The van der Waals surface area contributed by atoms with Gasteiger partial charge in [0.25, 0.3) is 0 Å². The van der Waals surface area contributed by atoms with Crippen molar-refractivity contribution in [1.82, 2.24) is 0 Å². The van der Waals surface area contributed by atoms with Gasteiger partial charge >= 0.3 is 0 Å². The Labute approximate surface area is 88.1 Å². The van der Waals surface area contributed by atoms with E-state index >= 15 is 0 Å². The molecule has 0 aromatic rings. The maximum atomic E-state index is 11.3. The van der Waals surface area contributed by atoms with Crippen LogP contribution in [-0.4, -0.2) is 32.8 Å². The third-order valence-electron chi connectivity index (χ3n) is 1.78. The van der Waals surface area contributed by atoms with Gasteiger partial charge in [-0.1, -0.05) is 26.2 Å². The van der Waals surface area contributed by atoms with E-state index in [2.05, 4.69) is 6.92 Å². The molecule has 13 heavy (non-hydrogen) atoms. The number of halogens is 1. The molecule has 0 aromatic heterocycles. The maximum Gasteiger partial charge on any atom is 0.0790 e. The highest BCUT2D eigenvalue weighted by atomic mass is 35.5. The molecule has 2 atom stereocenters. The molecule has 0 heterocycles. The van der Waals surface area contributed by atoms with Crippen LogP contribution in [0.2, 0.25) is 0 Å². The molecule has 80 valence electrons. The molecular weight excluding hydrogens is 208 g/mol. The van der Waals surface area contributed by atoms with Crippen LogP contribution in [-0.2, 0) is 10.8 Å². The van der Waals surface area contributed by atoms with E-state index in [1.165, 1.54) is 12.8 Å². The van der Waals surface area contributed by atoms with E-state index in [9.17, 15) is 4.21 Å². The molecule has 0 aliphatic rings. The first-order chi connectivity index (χ1) is 6.20. The predicted molar refractivity (Wildman–Crippen MR) is 58.7 cm³/mol. The van der Waals surface area contributed by atoms with Gasteiger partial charge in [0.05, 0.1) is 11.9 Å². The zero-order chi connectivity index (χ0) is 10.1. The van der Waals surface area contributed by atoms with Crippen molar-refractivity contribution in [2.24, 2.45) is 0 Å². The molecule has 0 radical (unpaired) electrons. The van der Waals surface area contributed by atoms with E-state index in [0.717, 1.165) is 12.8 Å². The summed E-state index contributed by atoms with van der Waals surface area (Å²) in [5, 5.41) is 9.11. The second-order valence-electron chi connectivity index (χ2n) is 3.18. The summed E-state index contributed by atoms with van der Waals surface area (Å²) in [5.74, 6) is 1.21. The molecule has 0 rings (SSSR count). The van der Waals surface area contributed by atoms with Crippen LogP contribution >= 0.6 is 11.6 Å². The van der Waals surface area contributed by atoms with Crippen molar-refractivity contribution in [2.75, 3.05) is 17.4 Å². The molecule has 2 nitrogen and oxygen atoms in total. The van der Waals surface area contributed by atoms with Crippen molar-refractivity contribution < 1.29 is 9.32 Å². The predicted octanol–water partition coefficient (Wildman–Crippen LogP) is 1.92. The lowest BCUT2D eigenvalue weighted by molar-refractivity contribution is 0.222. The Bertz CT molecular complexity index is 142. The quantitative estimate of drug-likeness (QED) is 0.507. The van der Waals surface area contributed by atoms with Gasteiger partial charge in [0.1, 0.15) is 0 Å². The molecule has 0 aliphatic carbocycles. The Morgan fingerprint density at radius 3 is 2.62 bits per heavy atom. The van der Waals surface area contributed by atoms with Crippen molar-refractivity contribution in [2.45, 2.75) is 38.7 Å². The molecule has 0 bridgehead atoms. The number of rotatable bonds is 8. The third kappa shape index (κ3) is 8.72. The van der Waals surface area contributed by atoms with Gasteiger partial charge in [0, 0.05) is 22.4 Å². The summed E-state index contributed by atoms with van der Waals surface area (Å²) in [6.07, 6.45) is 3.93. The van der Waals surface area contributed by atoms with Crippen molar-refractivity contribution in [3.8, 4) is 0 Å². The lowest BCUT2D eigenvalue weighted by atomic mass is 10.2. The van der Waals surface area contributed by atoms with Crippen LogP contribution in [0.25, 0.3) is 0 Å². The van der Waals surface area contributed by atoms with Gasteiger partial charge < -0.3 is 5.11 Å². The number of aliphatic hydroxyl groups is 1. The topological polar surface area (TPSA) is 37.3 Å². The molecule has 2 unspecified atom stereocenters. The highest BCUT2D eigenvalue weighted by molar-refractivity contribution is 7.85. The average Bonchev–Trinajstić information content (AvgIpc) is 2.12. The molecule has 0 spiro atoms.